The predicted octanol–water partition coefficient (Wildman–Crippen LogP) is 11.7. The summed E-state index contributed by atoms with van der Waals surface area (Å²) < 4.78 is 6.75. The monoisotopic (exact) mass is 726 g/mol. The van der Waals surface area contributed by atoms with E-state index in [2.05, 4.69) is 82.2 Å². The second kappa shape index (κ2) is 9.15. The summed E-state index contributed by atoms with van der Waals surface area (Å²) >= 11 is 9.50. The quantitative estimate of drug-likeness (QED) is 0.181. The van der Waals surface area contributed by atoms with E-state index in [1.807, 2.05) is 24.3 Å². The van der Waals surface area contributed by atoms with Gasteiger partial charge in [0.2, 0.25) is 0 Å². The van der Waals surface area contributed by atoms with Crippen molar-refractivity contribution in [1.82, 2.24) is 0 Å². The molecule has 40 heavy (non-hydrogen) atoms. The van der Waals surface area contributed by atoms with Crippen LogP contribution in [0.1, 0.15) is 55.3 Å². The van der Waals surface area contributed by atoms with Crippen LogP contribution in [0.4, 0.5) is 0 Å². The average Bonchev–Trinajstić information content (AvgIpc) is 3.69. The predicted molar refractivity (Wildman–Crippen MR) is 168 cm³/mol. The van der Waals surface area contributed by atoms with Crippen molar-refractivity contribution in [3.05, 3.63) is 128 Å². The molecule has 4 aliphatic rings. The van der Waals surface area contributed by atoms with E-state index < -0.39 is 20.0 Å². The van der Waals surface area contributed by atoms with Gasteiger partial charge in [0.1, 0.15) is 0 Å². The molecule has 4 aromatic rings. The van der Waals surface area contributed by atoms with Gasteiger partial charge in [-0.3, -0.25) is 0 Å². The van der Waals surface area contributed by atoms with Crippen molar-refractivity contribution in [3.8, 4) is 22.3 Å². The summed E-state index contributed by atoms with van der Waals surface area (Å²) in [6.45, 7) is 0. The van der Waals surface area contributed by atoms with Gasteiger partial charge in [0.05, 0.1) is 0 Å². The van der Waals surface area contributed by atoms with Crippen LogP contribution in [-0.2, 0) is 20.0 Å². The number of rotatable bonds is 2. The third-order valence-corrected chi connectivity index (χ3v) is 26.1. The van der Waals surface area contributed by atoms with Crippen molar-refractivity contribution in [1.29, 1.82) is 0 Å². The molecule has 0 bridgehead atoms. The van der Waals surface area contributed by atoms with E-state index in [-0.39, 0.29) is 5.41 Å². The van der Waals surface area contributed by atoms with Crippen LogP contribution in [0.25, 0.3) is 34.4 Å². The number of hydrogen-bond donors (Lipinski definition) is 0. The van der Waals surface area contributed by atoms with Crippen molar-refractivity contribution in [2.24, 2.45) is 5.41 Å². The third-order valence-electron chi connectivity index (χ3n) is 10.5. The van der Waals surface area contributed by atoms with Gasteiger partial charge >= 0.3 is 254 Å². The molecule has 4 aromatic carbocycles. The summed E-state index contributed by atoms with van der Waals surface area (Å²) in [6.07, 6.45) is 10.6. The molecule has 0 aromatic heterocycles. The standard InChI is InChI=1S/C35H26Cl2.2CH3.Hf/c36-29-13-9-23(10-14-29)31-7-3-5-25-19-27(21-33(25)31)35(17-1-2-18-35)28-20-26-6-4-8-32(34(26)22-28)24-11-15-30(37)16-12-24;;;/h3-16,19-22H,1-2,17-18H2;2*1H3;. The van der Waals surface area contributed by atoms with Crippen LogP contribution in [-0.4, -0.2) is 0 Å². The summed E-state index contributed by atoms with van der Waals surface area (Å²) in [4.78, 5) is 0. The molecular formula is C37H32Cl2Hf. The summed E-state index contributed by atoms with van der Waals surface area (Å²) in [7, 11) is 0. The molecule has 2 atom stereocenters. The Morgan fingerprint density at radius 3 is 1.45 bits per heavy atom. The molecule has 0 amide bonds. The van der Waals surface area contributed by atoms with Crippen molar-refractivity contribution >= 4 is 35.4 Å². The van der Waals surface area contributed by atoms with Crippen LogP contribution in [0.3, 0.4) is 0 Å². The Hall–Kier alpha value is -2.19. The van der Waals surface area contributed by atoms with E-state index in [1.54, 1.807) is 22.3 Å². The zero-order valence-corrected chi connectivity index (χ0v) is 28.1. The van der Waals surface area contributed by atoms with Gasteiger partial charge in [-0.05, 0) is 0 Å². The van der Waals surface area contributed by atoms with E-state index in [4.69, 9.17) is 23.2 Å². The third kappa shape index (κ3) is 3.53. The van der Waals surface area contributed by atoms with Crippen LogP contribution in [0.5, 0.6) is 0 Å². The summed E-state index contributed by atoms with van der Waals surface area (Å²) in [5.74, 6) is 0. The first-order valence-corrected chi connectivity index (χ1v) is 26.7. The Bertz CT molecular complexity index is 1610. The number of allylic oxidation sites excluding steroid dienone is 2. The topological polar surface area (TPSA) is 0 Å². The Labute approximate surface area is 252 Å². The molecule has 198 valence electrons. The Balaban J connectivity index is 1.35. The normalized spacial score (nSPS) is 22.8. The Kier molecular flexibility index (Phi) is 5.84. The van der Waals surface area contributed by atoms with Crippen molar-refractivity contribution in [3.63, 3.8) is 0 Å². The second-order valence-corrected chi connectivity index (χ2v) is 30.9. The van der Waals surface area contributed by atoms with Crippen LogP contribution in [0.15, 0.2) is 96.1 Å². The van der Waals surface area contributed by atoms with Gasteiger partial charge in [-0.2, -0.15) is 0 Å². The molecule has 1 saturated heterocycles. The summed E-state index contributed by atoms with van der Waals surface area (Å²) in [5, 5.41) is 1.59. The van der Waals surface area contributed by atoms with E-state index >= 15 is 0 Å². The van der Waals surface area contributed by atoms with Gasteiger partial charge < -0.3 is 0 Å². The molecular weight excluding hydrogens is 694 g/mol. The SMILES string of the molecule is [CH3][Hf]1([CH3])[CH]2C(=Cc3c(-c4ccc(Cl)cc4)cccc32)C2(CCCC2)C2=Cc3c(-c4ccc(Cl)cc4)cccc3[CH]21. The molecule has 0 N–H and O–H groups in total. The van der Waals surface area contributed by atoms with E-state index in [1.165, 1.54) is 59.1 Å². The molecule has 3 heteroatoms. The molecule has 3 aliphatic carbocycles. The maximum absolute atomic E-state index is 6.27. The van der Waals surface area contributed by atoms with E-state index in [0.717, 1.165) is 10.0 Å². The van der Waals surface area contributed by atoms with Gasteiger partial charge in [0, 0.05) is 0 Å². The fourth-order valence-electron chi connectivity index (χ4n) is 8.89. The van der Waals surface area contributed by atoms with Crippen LogP contribution in [0.2, 0.25) is 19.4 Å². The zero-order valence-electron chi connectivity index (χ0n) is 23.0. The molecule has 2 fully saturated rings. The van der Waals surface area contributed by atoms with Gasteiger partial charge in [-0.1, -0.05) is 0 Å². The Morgan fingerprint density at radius 2 is 1.02 bits per heavy atom. The van der Waals surface area contributed by atoms with Crippen molar-refractivity contribution in [2.75, 3.05) is 0 Å². The number of fused-ring (bicyclic) bond motifs is 8. The zero-order chi connectivity index (χ0) is 27.2. The van der Waals surface area contributed by atoms with Crippen LogP contribution < -0.4 is 0 Å². The molecule has 8 rings (SSSR count). The van der Waals surface area contributed by atoms with Gasteiger partial charge in [0.25, 0.3) is 0 Å². The maximum atomic E-state index is 6.27. The van der Waals surface area contributed by atoms with E-state index in [0.29, 0.717) is 7.35 Å². The summed E-state index contributed by atoms with van der Waals surface area (Å²) in [6, 6.07) is 31.0. The summed E-state index contributed by atoms with van der Waals surface area (Å²) in [5.41, 5.74) is 15.1. The molecule has 1 heterocycles. The fourth-order valence-corrected chi connectivity index (χ4v) is 26.2. The molecule has 1 saturated carbocycles. The van der Waals surface area contributed by atoms with E-state index in [9.17, 15) is 0 Å². The molecule has 1 aliphatic heterocycles. The van der Waals surface area contributed by atoms with Gasteiger partial charge in [0.15, 0.2) is 0 Å². The first kappa shape index (κ1) is 25.5. The second-order valence-electron chi connectivity index (χ2n) is 12.8. The molecule has 2 unspecified atom stereocenters. The Morgan fingerprint density at radius 1 is 0.600 bits per heavy atom. The van der Waals surface area contributed by atoms with Crippen LogP contribution in [0, 0.1) is 5.41 Å². The average molecular weight is 726 g/mol. The minimum atomic E-state index is -3.05. The minimum absolute atomic E-state index is 0.192. The number of benzene rings is 4. The molecule has 0 radical (unpaired) electrons. The van der Waals surface area contributed by atoms with Crippen molar-refractivity contribution in [2.45, 2.75) is 42.4 Å². The number of hydrogen-bond acceptors (Lipinski definition) is 0. The first-order chi connectivity index (χ1) is 19.4. The number of halogens is 2. The first-order valence-electron chi connectivity index (χ1n) is 14.6. The molecule has 0 nitrogen and oxygen atoms in total. The van der Waals surface area contributed by atoms with Gasteiger partial charge in [-0.25, -0.2) is 0 Å². The fraction of sp³-hybridized carbons (Fsp3) is 0.243. The van der Waals surface area contributed by atoms with Gasteiger partial charge in [-0.15, -0.1) is 0 Å². The molecule has 1 spiro atoms. The van der Waals surface area contributed by atoms with Crippen LogP contribution >= 0.6 is 23.2 Å². The van der Waals surface area contributed by atoms with Crippen molar-refractivity contribution < 1.29 is 20.0 Å².